The Morgan fingerprint density at radius 2 is 1.95 bits per heavy atom. The maximum atomic E-state index is 14.8. The Labute approximate surface area is 121 Å². The van der Waals surface area contributed by atoms with E-state index in [1.165, 1.54) is 0 Å². The lowest BCUT2D eigenvalue weighted by atomic mass is 9.99. The van der Waals surface area contributed by atoms with E-state index in [1.807, 2.05) is 12.1 Å². The molecule has 0 bridgehead atoms. The van der Waals surface area contributed by atoms with Gasteiger partial charge in [-0.15, -0.1) is 0 Å². The van der Waals surface area contributed by atoms with E-state index in [2.05, 4.69) is 5.32 Å². The molecule has 98 valence electrons. The zero-order chi connectivity index (χ0) is 13.4. The molecule has 0 amide bonds. The van der Waals surface area contributed by atoms with Gasteiger partial charge in [-0.2, -0.15) is 0 Å². The molecule has 1 N–H and O–H groups in total. The molecule has 1 aliphatic heterocycles. The van der Waals surface area contributed by atoms with Gasteiger partial charge in [-0.1, -0.05) is 41.4 Å². The van der Waals surface area contributed by atoms with Crippen LogP contribution in [0.1, 0.15) is 22.9 Å². The minimum atomic E-state index is -1.27. The summed E-state index contributed by atoms with van der Waals surface area (Å²) in [5.41, 5.74) is 3.08. The summed E-state index contributed by atoms with van der Waals surface area (Å²) >= 11 is 12.0. The zero-order valence-electron chi connectivity index (χ0n) is 10.1. The molecule has 0 saturated carbocycles. The third kappa shape index (κ3) is 2.31. The summed E-state index contributed by atoms with van der Waals surface area (Å²) in [5, 5.41) is 4.12. The summed E-state index contributed by atoms with van der Waals surface area (Å²) in [7, 11) is 0. The quantitative estimate of drug-likeness (QED) is 0.820. The maximum absolute atomic E-state index is 14.8. The molecule has 0 aromatic heterocycles. The van der Waals surface area contributed by atoms with E-state index in [0.29, 0.717) is 21.2 Å². The largest absolute Gasteiger partial charge is 0.384 e. The van der Waals surface area contributed by atoms with Crippen molar-refractivity contribution in [1.82, 2.24) is 0 Å². The number of hydrogen-bond acceptors (Lipinski definition) is 1. The topological polar surface area (TPSA) is 12.0 Å². The lowest BCUT2D eigenvalue weighted by Gasteiger charge is -2.15. The first-order chi connectivity index (χ1) is 9.16. The van der Waals surface area contributed by atoms with Crippen LogP contribution in [0.3, 0.4) is 0 Å². The van der Waals surface area contributed by atoms with Gasteiger partial charge in [0, 0.05) is 33.4 Å². The van der Waals surface area contributed by atoms with Crippen LogP contribution in [-0.2, 0) is 6.42 Å². The summed E-state index contributed by atoms with van der Waals surface area (Å²) in [5.74, 6) is 0. The van der Waals surface area contributed by atoms with E-state index in [-0.39, 0.29) is 0 Å². The normalized spacial score (nSPS) is 14.9. The van der Waals surface area contributed by atoms with Crippen LogP contribution < -0.4 is 5.32 Å². The highest BCUT2D eigenvalue weighted by Crippen LogP contribution is 2.39. The second kappa shape index (κ2) is 5.03. The maximum Gasteiger partial charge on any atom is 0.154 e. The van der Waals surface area contributed by atoms with Crippen LogP contribution in [0.25, 0.3) is 0 Å². The number of halogens is 3. The molecule has 0 radical (unpaired) electrons. The van der Waals surface area contributed by atoms with Gasteiger partial charge >= 0.3 is 0 Å². The lowest BCUT2D eigenvalue weighted by molar-refractivity contribution is 0.403. The number of anilines is 1. The number of fused-ring (bicyclic) bond motifs is 1. The van der Waals surface area contributed by atoms with Gasteiger partial charge in [-0.25, -0.2) is 4.39 Å². The van der Waals surface area contributed by atoms with E-state index in [1.54, 1.807) is 24.3 Å². The third-order valence-electron chi connectivity index (χ3n) is 3.38. The molecular formula is C15H12Cl2FN. The van der Waals surface area contributed by atoms with Gasteiger partial charge in [0.2, 0.25) is 0 Å². The van der Waals surface area contributed by atoms with E-state index in [0.717, 1.165) is 24.2 Å². The van der Waals surface area contributed by atoms with Crippen molar-refractivity contribution in [3.05, 3.63) is 63.1 Å². The number of rotatable bonds is 2. The molecule has 4 heteroatoms. The number of hydrogen-bond donors (Lipinski definition) is 1. The van der Waals surface area contributed by atoms with E-state index in [4.69, 9.17) is 23.2 Å². The monoisotopic (exact) mass is 295 g/mol. The van der Waals surface area contributed by atoms with Crippen LogP contribution in [-0.4, -0.2) is 6.54 Å². The van der Waals surface area contributed by atoms with Gasteiger partial charge in [0.15, 0.2) is 6.17 Å². The van der Waals surface area contributed by atoms with Gasteiger partial charge in [0.25, 0.3) is 0 Å². The molecule has 1 unspecified atom stereocenters. The van der Waals surface area contributed by atoms with Crippen LogP contribution >= 0.6 is 23.2 Å². The average Bonchev–Trinajstić information content (AvgIpc) is 2.89. The Bertz CT molecular complexity index is 628. The van der Waals surface area contributed by atoms with E-state index in [9.17, 15) is 4.39 Å². The van der Waals surface area contributed by atoms with Crippen LogP contribution in [0.5, 0.6) is 0 Å². The van der Waals surface area contributed by atoms with Crippen molar-refractivity contribution in [3.8, 4) is 0 Å². The number of para-hydroxylation sites is 1. The predicted octanol–water partition coefficient (Wildman–Crippen LogP) is 5.02. The van der Waals surface area contributed by atoms with Gasteiger partial charge in [0.05, 0.1) is 0 Å². The Morgan fingerprint density at radius 1 is 1.11 bits per heavy atom. The van der Waals surface area contributed by atoms with Crippen molar-refractivity contribution in [3.63, 3.8) is 0 Å². The highest BCUT2D eigenvalue weighted by Gasteiger charge is 2.23. The smallest absolute Gasteiger partial charge is 0.154 e. The summed E-state index contributed by atoms with van der Waals surface area (Å²) in [6.07, 6.45) is -0.342. The fraction of sp³-hybridized carbons (Fsp3) is 0.200. The average molecular weight is 296 g/mol. The van der Waals surface area contributed by atoms with Crippen molar-refractivity contribution in [2.75, 3.05) is 11.9 Å². The molecule has 19 heavy (non-hydrogen) atoms. The van der Waals surface area contributed by atoms with Crippen molar-refractivity contribution < 1.29 is 4.39 Å². The molecule has 0 aliphatic carbocycles. The van der Waals surface area contributed by atoms with Crippen LogP contribution in [0, 0.1) is 0 Å². The lowest BCUT2D eigenvalue weighted by Crippen LogP contribution is -2.01. The van der Waals surface area contributed by atoms with Crippen molar-refractivity contribution in [1.29, 1.82) is 0 Å². The molecule has 0 spiro atoms. The highest BCUT2D eigenvalue weighted by atomic mass is 35.5. The Kier molecular flexibility index (Phi) is 3.38. The first-order valence-electron chi connectivity index (χ1n) is 6.11. The van der Waals surface area contributed by atoms with Gasteiger partial charge < -0.3 is 5.32 Å². The zero-order valence-corrected chi connectivity index (χ0v) is 11.6. The first-order valence-corrected chi connectivity index (χ1v) is 6.87. The first kappa shape index (κ1) is 12.8. The third-order valence-corrected chi connectivity index (χ3v) is 3.96. The summed E-state index contributed by atoms with van der Waals surface area (Å²) < 4.78 is 14.8. The molecule has 2 aromatic carbocycles. The van der Waals surface area contributed by atoms with Crippen LogP contribution in [0.4, 0.5) is 10.1 Å². The van der Waals surface area contributed by atoms with Gasteiger partial charge in [-0.05, 0) is 30.2 Å². The summed E-state index contributed by atoms with van der Waals surface area (Å²) in [6, 6.07) is 10.6. The van der Waals surface area contributed by atoms with E-state index < -0.39 is 6.17 Å². The molecular weight excluding hydrogens is 284 g/mol. The fourth-order valence-corrected chi connectivity index (χ4v) is 2.85. The molecule has 0 fully saturated rings. The SMILES string of the molecule is FC(c1cc(Cl)ccc1Cl)c1cccc2c1NCC2. The van der Waals surface area contributed by atoms with Crippen molar-refractivity contribution >= 4 is 28.9 Å². The second-order valence-electron chi connectivity index (χ2n) is 4.59. The van der Waals surface area contributed by atoms with Crippen molar-refractivity contribution in [2.45, 2.75) is 12.6 Å². The molecule has 0 saturated heterocycles. The minimum Gasteiger partial charge on any atom is -0.384 e. The summed E-state index contributed by atoms with van der Waals surface area (Å²) in [4.78, 5) is 0. The van der Waals surface area contributed by atoms with Crippen LogP contribution in [0.2, 0.25) is 10.0 Å². The van der Waals surface area contributed by atoms with Crippen molar-refractivity contribution in [2.24, 2.45) is 0 Å². The molecule has 2 aromatic rings. The Hall–Kier alpha value is -1.25. The highest BCUT2D eigenvalue weighted by molar-refractivity contribution is 6.33. The molecule has 1 heterocycles. The molecule has 1 aliphatic rings. The number of nitrogens with one attached hydrogen (secondary N) is 1. The van der Waals surface area contributed by atoms with Gasteiger partial charge in [0.1, 0.15) is 0 Å². The Morgan fingerprint density at radius 3 is 2.79 bits per heavy atom. The number of benzene rings is 2. The fourth-order valence-electron chi connectivity index (χ4n) is 2.45. The van der Waals surface area contributed by atoms with Crippen LogP contribution in [0.15, 0.2) is 36.4 Å². The second-order valence-corrected chi connectivity index (χ2v) is 5.43. The Balaban J connectivity index is 2.07. The standard InChI is InChI=1S/C15H12Cl2FN/c16-10-4-5-13(17)12(8-10)14(18)11-3-1-2-9-6-7-19-15(9)11/h1-5,8,14,19H,6-7H2. The summed E-state index contributed by atoms with van der Waals surface area (Å²) in [6.45, 7) is 0.850. The molecule has 1 atom stereocenters. The predicted molar refractivity (Wildman–Crippen MR) is 78.0 cm³/mol. The minimum absolute atomic E-state index is 0.396. The molecule has 3 rings (SSSR count). The molecule has 1 nitrogen and oxygen atoms in total. The van der Waals surface area contributed by atoms with E-state index >= 15 is 0 Å². The van der Waals surface area contributed by atoms with Gasteiger partial charge in [-0.3, -0.25) is 0 Å². The number of alkyl halides is 1.